The number of rotatable bonds is 8. The van der Waals surface area contributed by atoms with Gasteiger partial charge in [-0.3, -0.25) is 9.59 Å². The van der Waals surface area contributed by atoms with Crippen molar-refractivity contribution in [2.24, 2.45) is 0 Å². The standard InChI is InChI=1S/C19H19BrCl2N2O2S/c1-27-9-8-17(24-18(25)14-4-2-3-5-15(14)20)19(26)23-11-12-6-7-13(21)10-16(12)22/h2-7,10,17H,8-9,11H2,1H3,(H,23,26)(H,24,25). The molecule has 0 fully saturated rings. The number of benzene rings is 2. The fraction of sp³-hybridized carbons (Fsp3) is 0.263. The number of amides is 2. The van der Waals surface area contributed by atoms with E-state index in [-0.39, 0.29) is 18.4 Å². The Hall–Kier alpha value is -1.21. The fourth-order valence-electron chi connectivity index (χ4n) is 2.36. The molecule has 0 spiro atoms. The van der Waals surface area contributed by atoms with Crippen molar-refractivity contribution < 1.29 is 9.59 Å². The van der Waals surface area contributed by atoms with E-state index in [4.69, 9.17) is 23.2 Å². The van der Waals surface area contributed by atoms with Crippen LogP contribution in [0.5, 0.6) is 0 Å². The first-order chi connectivity index (χ1) is 12.9. The highest BCUT2D eigenvalue weighted by molar-refractivity contribution is 9.10. The van der Waals surface area contributed by atoms with Crippen molar-refractivity contribution in [1.82, 2.24) is 10.6 Å². The molecule has 0 bridgehead atoms. The lowest BCUT2D eigenvalue weighted by Gasteiger charge is -2.19. The lowest BCUT2D eigenvalue weighted by atomic mass is 10.1. The van der Waals surface area contributed by atoms with Crippen LogP contribution >= 0.6 is 50.9 Å². The first-order valence-electron chi connectivity index (χ1n) is 8.18. The van der Waals surface area contributed by atoms with E-state index in [1.807, 2.05) is 12.3 Å². The first-order valence-corrected chi connectivity index (χ1v) is 11.1. The summed E-state index contributed by atoms with van der Waals surface area (Å²) in [5, 5.41) is 6.68. The summed E-state index contributed by atoms with van der Waals surface area (Å²) in [5.41, 5.74) is 1.25. The topological polar surface area (TPSA) is 58.2 Å². The van der Waals surface area contributed by atoms with Crippen LogP contribution in [-0.2, 0) is 11.3 Å². The van der Waals surface area contributed by atoms with Crippen LogP contribution in [0.1, 0.15) is 22.3 Å². The molecule has 0 aliphatic carbocycles. The molecule has 2 aromatic rings. The van der Waals surface area contributed by atoms with Crippen molar-refractivity contribution in [2.75, 3.05) is 12.0 Å². The van der Waals surface area contributed by atoms with Gasteiger partial charge in [-0.25, -0.2) is 0 Å². The zero-order valence-corrected chi connectivity index (χ0v) is 18.5. The molecule has 0 saturated carbocycles. The Bertz CT molecular complexity index is 820. The predicted molar refractivity (Wildman–Crippen MR) is 117 cm³/mol. The van der Waals surface area contributed by atoms with Crippen LogP contribution in [-0.4, -0.2) is 29.9 Å². The summed E-state index contributed by atoms with van der Waals surface area (Å²) >= 11 is 17.0. The lowest BCUT2D eigenvalue weighted by molar-refractivity contribution is -0.123. The lowest BCUT2D eigenvalue weighted by Crippen LogP contribution is -2.47. The Morgan fingerprint density at radius 3 is 2.59 bits per heavy atom. The molecule has 0 aliphatic heterocycles. The Morgan fingerprint density at radius 2 is 1.93 bits per heavy atom. The number of carbonyl (C=O) groups excluding carboxylic acids is 2. The SMILES string of the molecule is CSCCC(NC(=O)c1ccccc1Br)C(=O)NCc1ccc(Cl)cc1Cl. The average Bonchev–Trinajstić information content (AvgIpc) is 2.64. The van der Waals surface area contributed by atoms with E-state index in [2.05, 4.69) is 26.6 Å². The van der Waals surface area contributed by atoms with Gasteiger partial charge < -0.3 is 10.6 Å². The van der Waals surface area contributed by atoms with Crippen molar-refractivity contribution in [3.63, 3.8) is 0 Å². The van der Waals surface area contributed by atoms with E-state index in [0.717, 1.165) is 11.3 Å². The molecule has 27 heavy (non-hydrogen) atoms. The van der Waals surface area contributed by atoms with Crippen LogP contribution in [0.3, 0.4) is 0 Å². The highest BCUT2D eigenvalue weighted by Crippen LogP contribution is 2.21. The van der Waals surface area contributed by atoms with Crippen molar-refractivity contribution in [3.05, 3.63) is 68.1 Å². The number of carbonyl (C=O) groups is 2. The van der Waals surface area contributed by atoms with Gasteiger partial charge in [-0.15, -0.1) is 0 Å². The largest absolute Gasteiger partial charge is 0.350 e. The Labute approximate surface area is 181 Å². The van der Waals surface area contributed by atoms with E-state index in [0.29, 0.717) is 26.5 Å². The third kappa shape index (κ3) is 6.71. The molecule has 0 heterocycles. The van der Waals surface area contributed by atoms with Crippen molar-refractivity contribution in [2.45, 2.75) is 19.0 Å². The van der Waals surface area contributed by atoms with Crippen LogP contribution in [0.4, 0.5) is 0 Å². The van der Waals surface area contributed by atoms with Gasteiger partial charge in [0.15, 0.2) is 0 Å². The number of thioether (sulfide) groups is 1. The highest BCUT2D eigenvalue weighted by Gasteiger charge is 2.22. The third-order valence-corrected chi connectivity index (χ3v) is 5.74. The molecule has 144 valence electrons. The van der Waals surface area contributed by atoms with E-state index in [1.165, 1.54) is 0 Å². The van der Waals surface area contributed by atoms with Gasteiger partial charge in [0.25, 0.3) is 5.91 Å². The van der Waals surface area contributed by atoms with Gasteiger partial charge in [-0.05, 0) is 64.2 Å². The van der Waals surface area contributed by atoms with E-state index < -0.39 is 6.04 Å². The molecule has 0 aliphatic rings. The van der Waals surface area contributed by atoms with Crippen molar-refractivity contribution in [1.29, 1.82) is 0 Å². The van der Waals surface area contributed by atoms with Gasteiger partial charge in [-0.2, -0.15) is 11.8 Å². The zero-order chi connectivity index (χ0) is 19.8. The molecule has 2 N–H and O–H groups in total. The quantitative estimate of drug-likeness (QED) is 0.553. The maximum Gasteiger partial charge on any atom is 0.253 e. The van der Waals surface area contributed by atoms with Crippen LogP contribution in [0.25, 0.3) is 0 Å². The van der Waals surface area contributed by atoms with E-state index in [1.54, 1.807) is 48.2 Å². The minimum Gasteiger partial charge on any atom is -0.350 e. The summed E-state index contributed by atoms with van der Waals surface area (Å²) in [6.07, 6.45) is 2.48. The summed E-state index contributed by atoms with van der Waals surface area (Å²) in [6.45, 7) is 0.259. The molecule has 2 aromatic carbocycles. The van der Waals surface area contributed by atoms with Crippen LogP contribution in [0.15, 0.2) is 46.9 Å². The zero-order valence-electron chi connectivity index (χ0n) is 14.6. The van der Waals surface area contributed by atoms with Crippen molar-refractivity contribution >= 4 is 62.7 Å². The second kappa shape index (κ2) is 11.0. The molecular formula is C19H19BrCl2N2O2S. The summed E-state index contributed by atoms with van der Waals surface area (Å²) in [4.78, 5) is 25.2. The molecule has 1 atom stereocenters. The molecule has 0 aromatic heterocycles. The molecule has 2 rings (SSSR count). The fourth-order valence-corrected chi connectivity index (χ4v) is 3.77. The minimum atomic E-state index is -0.636. The number of hydrogen-bond acceptors (Lipinski definition) is 3. The number of halogens is 3. The predicted octanol–water partition coefficient (Wildman–Crippen LogP) is 4.92. The average molecular weight is 490 g/mol. The third-order valence-electron chi connectivity index (χ3n) is 3.82. The molecule has 8 heteroatoms. The van der Waals surface area contributed by atoms with Crippen LogP contribution < -0.4 is 10.6 Å². The van der Waals surface area contributed by atoms with E-state index >= 15 is 0 Å². The first kappa shape index (κ1) is 22.1. The summed E-state index contributed by atoms with van der Waals surface area (Å²) in [6, 6.07) is 11.6. The Kier molecular flexibility index (Phi) is 8.96. The summed E-state index contributed by atoms with van der Waals surface area (Å²) < 4.78 is 0.680. The summed E-state index contributed by atoms with van der Waals surface area (Å²) in [7, 11) is 0. The smallest absolute Gasteiger partial charge is 0.253 e. The van der Waals surface area contributed by atoms with Gasteiger partial charge >= 0.3 is 0 Å². The van der Waals surface area contributed by atoms with Gasteiger partial charge in [0.1, 0.15) is 6.04 Å². The molecule has 0 saturated heterocycles. The highest BCUT2D eigenvalue weighted by atomic mass is 79.9. The maximum atomic E-state index is 12.6. The maximum absolute atomic E-state index is 12.6. The molecule has 2 amide bonds. The van der Waals surface area contributed by atoms with Gasteiger partial charge in [-0.1, -0.05) is 41.4 Å². The van der Waals surface area contributed by atoms with Gasteiger partial charge in [0, 0.05) is 21.1 Å². The molecular weight excluding hydrogens is 471 g/mol. The normalized spacial score (nSPS) is 11.7. The summed E-state index contributed by atoms with van der Waals surface area (Å²) in [5.74, 6) is 0.194. The van der Waals surface area contributed by atoms with Crippen LogP contribution in [0.2, 0.25) is 10.0 Å². The molecule has 0 radical (unpaired) electrons. The molecule has 1 unspecified atom stereocenters. The molecule has 4 nitrogen and oxygen atoms in total. The van der Waals surface area contributed by atoms with Crippen LogP contribution in [0, 0.1) is 0 Å². The number of nitrogens with one attached hydrogen (secondary N) is 2. The Morgan fingerprint density at radius 1 is 1.19 bits per heavy atom. The second-order valence-corrected chi connectivity index (χ2v) is 8.42. The van der Waals surface area contributed by atoms with Gasteiger partial charge in [0.05, 0.1) is 5.56 Å². The minimum absolute atomic E-state index is 0.254. The number of hydrogen-bond donors (Lipinski definition) is 2. The monoisotopic (exact) mass is 488 g/mol. The Balaban J connectivity index is 2.04. The van der Waals surface area contributed by atoms with E-state index in [9.17, 15) is 9.59 Å². The second-order valence-electron chi connectivity index (χ2n) is 5.74. The van der Waals surface area contributed by atoms with Gasteiger partial charge in [0.2, 0.25) is 5.91 Å². The van der Waals surface area contributed by atoms with Crippen molar-refractivity contribution in [3.8, 4) is 0 Å².